The number of hydrogen-bond acceptors (Lipinski definition) is 6. The summed E-state index contributed by atoms with van der Waals surface area (Å²) in [6.45, 7) is 0.200. The Bertz CT molecular complexity index is 1090. The predicted octanol–water partition coefficient (Wildman–Crippen LogP) is 1.08. The van der Waals surface area contributed by atoms with Crippen LogP contribution in [0.2, 0.25) is 5.28 Å². The van der Waals surface area contributed by atoms with Crippen LogP contribution in [-0.2, 0) is 28.3 Å². The fraction of sp³-hybridized carbons (Fsp3) is 0.267. The zero-order valence-electron chi connectivity index (χ0n) is 14.0. The standard InChI is InChI=1S/C15H16ClN5O4S/c1-19(2)26(23,24)21-12-8-17-20(14(22)13(12)18-15(21)16)10-25-9-11-6-4-3-5-7-11/h3-8H,9-10H2,1-2H3. The number of ether oxygens (including phenoxy) is 1. The Labute approximate surface area is 154 Å². The van der Waals surface area contributed by atoms with E-state index in [-0.39, 0.29) is 23.0 Å². The van der Waals surface area contributed by atoms with Crippen LogP contribution >= 0.6 is 11.6 Å². The molecule has 0 aliphatic carbocycles. The Morgan fingerprint density at radius 1 is 1.23 bits per heavy atom. The molecule has 138 valence electrons. The molecule has 0 fully saturated rings. The number of rotatable bonds is 6. The van der Waals surface area contributed by atoms with Gasteiger partial charge in [-0.3, -0.25) is 4.79 Å². The molecule has 0 atom stereocenters. The van der Waals surface area contributed by atoms with Gasteiger partial charge in [0.1, 0.15) is 12.2 Å². The second-order valence-electron chi connectivity index (χ2n) is 5.58. The summed E-state index contributed by atoms with van der Waals surface area (Å²) in [4.78, 5) is 16.4. The number of benzene rings is 1. The van der Waals surface area contributed by atoms with Crippen molar-refractivity contribution in [3.8, 4) is 0 Å². The first-order valence-electron chi connectivity index (χ1n) is 7.51. The first kappa shape index (κ1) is 18.5. The lowest BCUT2D eigenvalue weighted by atomic mass is 10.2. The number of hydrogen-bond donors (Lipinski definition) is 0. The fourth-order valence-corrected chi connectivity index (χ4v) is 3.64. The molecule has 0 saturated heterocycles. The third-order valence-electron chi connectivity index (χ3n) is 3.61. The summed E-state index contributed by atoms with van der Waals surface area (Å²) >= 11 is 5.94. The molecule has 3 aromatic rings. The molecule has 9 nitrogen and oxygen atoms in total. The number of aromatic nitrogens is 4. The minimum absolute atomic E-state index is 0.00742. The lowest BCUT2D eigenvalue weighted by molar-refractivity contribution is 0.0532. The maximum Gasteiger partial charge on any atom is 0.310 e. The summed E-state index contributed by atoms with van der Waals surface area (Å²) in [7, 11) is -1.24. The van der Waals surface area contributed by atoms with Crippen molar-refractivity contribution in [3.05, 3.63) is 57.7 Å². The quantitative estimate of drug-likeness (QED) is 0.617. The predicted molar refractivity (Wildman–Crippen MR) is 96.0 cm³/mol. The monoisotopic (exact) mass is 397 g/mol. The van der Waals surface area contributed by atoms with Gasteiger partial charge in [0.05, 0.1) is 12.8 Å². The van der Waals surface area contributed by atoms with Crippen molar-refractivity contribution in [2.45, 2.75) is 13.3 Å². The van der Waals surface area contributed by atoms with Crippen LogP contribution in [0.3, 0.4) is 0 Å². The van der Waals surface area contributed by atoms with E-state index in [1.54, 1.807) is 0 Å². The Morgan fingerprint density at radius 3 is 2.58 bits per heavy atom. The van der Waals surface area contributed by atoms with Gasteiger partial charge in [0.2, 0.25) is 5.28 Å². The summed E-state index contributed by atoms with van der Waals surface area (Å²) < 4.78 is 33.0. The summed E-state index contributed by atoms with van der Waals surface area (Å²) in [5.41, 5.74) is 0.267. The van der Waals surface area contributed by atoms with Gasteiger partial charge in [-0.05, 0) is 17.2 Å². The summed E-state index contributed by atoms with van der Waals surface area (Å²) in [5, 5.41) is 3.62. The second-order valence-corrected chi connectivity index (χ2v) is 7.91. The molecule has 0 bridgehead atoms. The Morgan fingerprint density at radius 2 is 1.92 bits per heavy atom. The normalized spacial score (nSPS) is 12.2. The number of imidazole rings is 1. The van der Waals surface area contributed by atoms with Gasteiger partial charge in [-0.25, -0.2) is 9.67 Å². The van der Waals surface area contributed by atoms with Crippen molar-refractivity contribution in [2.24, 2.45) is 0 Å². The van der Waals surface area contributed by atoms with Gasteiger partial charge in [0.15, 0.2) is 5.52 Å². The van der Waals surface area contributed by atoms with Gasteiger partial charge in [-0.1, -0.05) is 30.3 Å². The number of fused-ring (bicyclic) bond motifs is 1. The van der Waals surface area contributed by atoms with Gasteiger partial charge >= 0.3 is 10.2 Å². The molecular weight excluding hydrogens is 382 g/mol. The van der Waals surface area contributed by atoms with E-state index < -0.39 is 15.8 Å². The zero-order chi connectivity index (χ0) is 18.9. The Balaban J connectivity index is 1.91. The Hall–Kier alpha value is -2.27. The molecule has 0 spiro atoms. The molecule has 26 heavy (non-hydrogen) atoms. The maximum atomic E-state index is 12.5. The Kier molecular flexibility index (Phi) is 5.10. The van der Waals surface area contributed by atoms with Crippen molar-refractivity contribution >= 4 is 32.8 Å². The highest BCUT2D eigenvalue weighted by molar-refractivity contribution is 7.87. The lowest BCUT2D eigenvalue weighted by Gasteiger charge is -2.13. The third kappa shape index (κ3) is 3.36. The van der Waals surface area contributed by atoms with E-state index in [0.29, 0.717) is 6.61 Å². The number of halogens is 1. The van der Waals surface area contributed by atoms with Crippen molar-refractivity contribution in [2.75, 3.05) is 14.1 Å². The first-order chi connectivity index (χ1) is 12.3. The summed E-state index contributed by atoms with van der Waals surface area (Å²) in [6, 6.07) is 9.45. The van der Waals surface area contributed by atoms with Gasteiger partial charge in [0, 0.05) is 14.1 Å². The molecule has 0 aliphatic rings. The van der Waals surface area contributed by atoms with Crippen LogP contribution in [0, 0.1) is 0 Å². The summed E-state index contributed by atoms with van der Waals surface area (Å²) in [6.07, 6.45) is 1.22. The molecule has 3 rings (SSSR count). The van der Waals surface area contributed by atoms with Crippen LogP contribution in [0.15, 0.2) is 41.3 Å². The molecule has 0 unspecified atom stereocenters. The first-order valence-corrected chi connectivity index (χ1v) is 9.28. The van der Waals surface area contributed by atoms with Gasteiger partial charge in [-0.15, -0.1) is 0 Å². The minimum atomic E-state index is -3.94. The van der Waals surface area contributed by atoms with E-state index in [2.05, 4.69) is 10.1 Å². The molecule has 0 aliphatic heterocycles. The zero-order valence-corrected chi connectivity index (χ0v) is 15.6. The molecule has 0 amide bonds. The topological polar surface area (TPSA) is 99.3 Å². The van der Waals surface area contributed by atoms with Crippen molar-refractivity contribution < 1.29 is 13.2 Å². The highest BCUT2D eigenvalue weighted by Gasteiger charge is 2.25. The van der Waals surface area contributed by atoms with Crippen molar-refractivity contribution in [1.82, 2.24) is 23.0 Å². The van der Waals surface area contributed by atoms with Crippen LogP contribution < -0.4 is 5.56 Å². The van der Waals surface area contributed by atoms with Crippen LogP contribution in [0.4, 0.5) is 0 Å². The van der Waals surface area contributed by atoms with Crippen LogP contribution in [-0.4, -0.2) is 45.6 Å². The number of nitrogens with zero attached hydrogens (tertiary/aromatic N) is 5. The van der Waals surface area contributed by atoms with E-state index in [9.17, 15) is 13.2 Å². The van der Waals surface area contributed by atoms with Crippen molar-refractivity contribution in [1.29, 1.82) is 0 Å². The second kappa shape index (κ2) is 7.16. The van der Waals surface area contributed by atoms with Crippen LogP contribution in [0.5, 0.6) is 0 Å². The molecule has 0 N–H and O–H groups in total. The summed E-state index contributed by atoms with van der Waals surface area (Å²) in [5.74, 6) is 0. The highest BCUT2D eigenvalue weighted by atomic mass is 35.5. The third-order valence-corrected chi connectivity index (χ3v) is 5.71. The van der Waals surface area contributed by atoms with Gasteiger partial charge in [0.25, 0.3) is 5.56 Å². The molecular formula is C15H16ClN5O4S. The average molecular weight is 398 g/mol. The van der Waals surface area contributed by atoms with E-state index >= 15 is 0 Å². The maximum absolute atomic E-state index is 12.5. The molecule has 1 aromatic carbocycles. The molecule has 2 heterocycles. The average Bonchev–Trinajstić information content (AvgIpc) is 2.95. The van der Waals surface area contributed by atoms with Gasteiger partial charge in [-0.2, -0.15) is 21.8 Å². The van der Waals surface area contributed by atoms with Crippen molar-refractivity contribution in [3.63, 3.8) is 0 Å². The van der Waals surface area contributed by atoms with E-state index in [1.807, 2.05) is 30.3 Å². The molecule has 11 heteroatoms. The van der Waals surface area contributed by atoms with E-state index in [1.165, 1.54) is 20.3 Å². The largest absolute Gasteiger partial charge is 0.354 e. The molecule has 0 saturated carbocycles. The van der Waals surface area contributed by atoms with E-state index in [0.717, 1.165) is 18.5 Å². The smallest absolute Gasteiger partial charge is 0.310 e. The molecule has 0 radical (unpaired) electrons. The SMILES string of the molecule is CN(C)S(=O)(=O)n1c(Cl)nc2c(=O)n(COCc3ccccc3)ncc21. The van der Waals surface area contributed by atoms with Crippen LogP contribution in [0.1, 0.15) is 5.56 Å². The lowest BCUT2D eigenvalue weighted by Crippen LogP contribution is -2.29. The minimum Gasteiger partial charge on any atom is -0.354 e. The van der Waals surface area contributed by atoms with Gasteiger partial charge < -0.3 is 4.74 Å². The molecule has 2 aromatic heterocycles. The highest BCUT2D eigenvalue weighted by Crippen LogP contribution is 2.20. The van der Waals surface area contributed by atoms with Crippen LogP contribution in [0.25, 0.3) is 11.0 Å². The fourth-order valence-electron chi connectivity index (χ4n) is 2.26. The van der Waals surface area contributed by atoms with E-state index in [4.69, 9.17) is 16.3 Å².